The number of nitrogens with zero attached hydrogens (tertiary/aromatic N) is 2. The van der Waals surface area contributed by atoms with Crippen LogP contribution in [0.3, 0.4) is 0 Å². The summed E-state index contributed by atoms with van der Waals surface area (Å²) in [5.41, 5.74) is 8.26. The number of piperidine rings is 1. The smallest absolute Gasteiger partial charge is 0.273 e. The molecule has 27 heavy (non-hydrogen) atoms. The lowest BCUT2D eigenvalue weighted by Gasteiger charge is -2.32. The van der Waals surface area contributed by atoms with Crippen molar-refractivity contribution in [3.05, 3.63) is 34.9 Å². The molecule has 2 aliphatic heterocycles. The molecule has 3 amide bonds. The van der Waals surface area contributed by atoms with Crippen molar-refractivity contribution in [3.8, 4) is 0 Å². The zero-order valence-electron chi connectivity index (χ0n) is 15.9. The van der Waals surface area contributed by atoms with Crippen molar-refractivity contribution in [3.63, 3.8) is 0 Å². The van der Waals surface area contributed by atoms with Gasteiger partial charge in [-0.25, -0.2) is 5.01 Å². The second kappa shape index (κ2) is 9.13. The first kappa shape index (κ1) is 19.5. The Hall–Kier alpha value is -2.21. The summed E-state index contributed by atoms with van der Waals surface area (Å²) in [4.78, 5) is 37.2. The largest absolute Gasteiger partial charge is 0.330 e. The number of hydrazine groups is 1. The zero-order valence-corrected chi connectivity index (χ0v) is 15.9. The lowest BCUT2D eigenvalue weighted by atomic mass is 9.98. The second-order valence-electron chi connectivity index (χ2n) is 7.42. The standard InChI is InChI=1S/C21H29N3O3/c22-14-6-4-2-1-3-5-9-16-10-7-11-17-18(16)15-23(21(17)27)24-19(25)12-8-13-20(24)26/h7,10-11H,1-6,8-9,12-15,22H2. The minimum Gasteiger partial charge on any atom is -0.330 e. The highest BCUT2D eigenvalue weighted by Crippen LogP contribution is 2.30. The summed E-state index contributed by atoms with van der Waals surface area (Å²) in [6.07, 6.45) is 9.08. The predicted octanol–water partition coefficient (Wildman–Crippen LogP) is 2.94. The highest BCUT2D eigenvalue weighted by atomic mass is 16.2. The number of carbonyl (C=O) groups excluding carboxylic acids is 3. The Labute approximate surface area is 160 Å². The molecule has 1 fully saturated rings. The van der Waals surface area contributed by atoms with Gasteiger partial charge in [0.25, 0.3) is 5.91 Å². The van der Waals surface area contributed by atoms with Gasteiger partial charge in [0, 0.05) is 18.4 Å². The van der Waals surface area contributed by atoms with E-state index in [1.54, 1.807) is 6.07 Å². The maximum Gasteiger partial charge on any atom is 0.273 e. The molecule has 3 rings (SSSR count). The monoisotopic (exact) mass is 371 g/mol. The molecule has 0 spiro atoms. The third kappa shape index (κ3) is 4.38. The van der Waals surface area contributed by atoms with Gasteiger partial charge in [-0.1, -0.05) is 37.8 Å². The molecule has 1 saturated heterocycles. The van der Waals surface area contributed by atoms with Crippen molar-refractivity contribution in [2.24, 2.45) is 5.73 Å². The van der Waals surface area contributed by atoms with Crippen LogP contribution in [-0.2, 0) is 22.6 Å². The van der Waals surface area contributed by atoms with Crippen LogP contribution in [0.15, 0.2) is 18.2 Å². The van der Waals surface area contributed by atoms with Crippen molar-refractivity contribution in [2.45, 2.75) is 70.8 Å². The first-order valence-corrected chi connectivity index (χ1v) is 10.1. The van der Waals surface area contributed by atoms with E-state index in [1.807, 2.05) is 6.07 Å². The summed E-state index contributed by atoms with van der Waals surface area (Å²) in [5.74, 6) is -0.782. The van der Waals surface area contributed by atoms with E-state index in [-0.39, 0.29) is 17.7 Å². The molecule has 6 heteroatoms. The Kier molecular flexibility index (Phi) is 6.61. The molecular formula is C21H29N3O3. The summed E-state index contributed by atoms with van der Waals surface area (Å²) in [6, 6.07) is 5.76. The third-order valence-electron chi connectivity index (χ3n) is 5.44. The molecule has 0 atom stereocenters. The molecule has 0 aromatic heterocycles. The third-order valence-corrected chi connectivity index (χ3v) is 5.44. The minimum absolute atomic E-state index is 0.239. The Morgan fingerprint density at radius 2 is 1.56 bits per heavy atom. The fraction of sp³-hybridized carbons (Fsp3) is 0.571. The Morgan fingerprint density at radius 3 is 2.26 bits per heavy atom. The highest BCUT2D eigenvalue weighted by Gasteiger charge is 2.39. The normalized spacial score (nSPS) is 17.0. The van der Waals surface area contributed by atoms with Gasteiger partial charge in [0.05, 0.1) is 6.54 Å². The summed E-state index contributed by atoms with van der Waals surface area (Å²) in [5, 5.41) is 2.41. The maximum atomic E-state index is 12.8. The summed E-state index contributed by atoms with van der Waals surface area (Å²) < 4.78 is 0. The van der Waals surface area contributed by atoms with E-state index in [0.717, 1.165) is 48.4 Å². The highest BCUT2D eigenvalue weighted by molar-refractivity contribution is 6.04. The number of hydrogen-bond acceptors (Lipinski definition) is 4. The van der Waals surface area contributed by atoms with Gasteiger partial charge in [-0.05, 0) is 49.4 Å². The number of aryl methyl sites for hydroxylation is 1. The number of carbonyl (C=O) groups is 3. The van der Waals surface area contributed by atoms with Gasteiger partial charge in [-0.3, -0.25) is 14.4 Å². The molecule has 0 radical (unpaired) electrons. The average molecular weight is 371 g/mol. The van der Waals surface area contributed by atoms with Crippen molar-refractivity contribution >= 4 is 17.7 Å². The number of rotatable bonds is 9. The molecule has 0 bridgehead atoms. The number of amides is 3. The maximum absolute atomic E-state index is 12.8. The van der Waals surface area contributed by atoms with Crippen molar-refractivity contribution in [2.75, 3.05) is 6.54 Å². The summed E-state index contributed by atoms with van der Waals surface area (Å²) >= 11 is 0. The molecule has 0 aliphatic carbocycles. The Morgan fingerprint density at radius 1 is 0.889 bits per heavy atom. The van der Waals surface area contributed by atoms with Crippen LogP contribution in [0.2, 0.25) is 0 Å². The molecule has 0 saturated carbocycles. The van der Waals surface area contributed by atoms with Crippen LogP contribution in [0.4, 0.5) is 0 Å². The number of nitrogens with two attached hydrogens (primary N) is 1. The Bertz CT molecular complexity index is 701. The van der Waals surface area contributed by atoms with Gasteiger partial charge >= 0.3 is 0 Å². The van der Waals surface area contributed by atoms with Crippen LogP contribution < -0.4 is 5.73 Å². The van der Waals surface area contributed by atoms with E-state index < -0.39 is 0 Å². The lowest BCUT2D eigenvalue weighted by Crippen LogP contribution is -2.52. The van der Waals surface area contributed by atoms with Crippen LogP contribution in [-0.4, -0.2) is 34.3 Å². The lowest BCUT2D eigenvalue weighted by molar-refractivity contribution is -0.163. The molecule has 2 N–H and O–H groups in total. The fourth-order valence-electron chi connectivity index (χ4n) is 3.96. The Balaban J connectivity index is 1.62. The number of imide groups is 1. The molecule has 2 heterocycles. The molecular weight excluding hydrogens is 342 g/mol. The molecule has 0 unspecified atom stereocenters. The zero-order chi connectivity index (χ0) is 19.2. The second-order valence-corrected chi connectivity index (χ2v) is 7.42. The molecule has 6 nitrogen and oxygen atoms in total. The van der Waals surface area contributed by atoms with Crippen LogP contribution in [0.5, 0.6) is 0 Å². The molecule has 146 valence electrons. The van der Waals surface area contributed by atoms with Gasteiger partial charge in [-0.2, -0.15) is 5.01 Å². The molecule has 2 aliphatic rings. The van der Waals surface area contributed by atoms with E-state index in [4.69, 9.17) is 5.73 Å². The van der Waals surface area contributed by atoms with Gasteiger partial charge in [0.15, 0.2) is 0 Å². The van der Waals surface area contributed by atoms with Crippen molar-refractivity contribution in [1.82, 2.24) is 10.0 Å². The predicted molar refractivity (Wildman–Crippen MR) is 102 cm³/mol. The average Bonchev–Trinajstić information content (AvgIpc) is 2.98. The number of benzene rings is 1. The van der Waals surface area contributed by atoms with Crippen molar-refractivity contribution < 1.29 is 14.4 Å². The number of unbranched alkanes of at least 4 members (excludes halogenated alkanes) is 5. The van der Waals surface area contributed by atoms with Crippen LogP contribution in [0.25, 0.3) is 0 Å². The van der Waals surface area contributed by atoms with E-state index >= 15 is 0 Å². The van der Waals surface area contributed by atoms with Gasteiger partial charge < -0.3 is 5.73 Å². The fourth-order valence-corrected chi connectivity index (χ4v) is 3.96. The molecule has 1 aromatic rings. The minimum atomic E-state index is -0.272. The van der Waals surface area contributed by atoms with E-state index in [0.29, 0.717) is 31.4 Å². The first-order chi connectivity index (χ1) is 13.1. The van der Waals surface area contributed by atoms with E-state index in [2.05, 4.69) is 6.07 Å². The summed E-state index contributed by atoms with van der Waals surface area (Å²) in [6.45, 7) is 1.08. The van der Waals surface area contributed by atoms with Gasteiger partial charge in [0.1, 0.15) is 0 Å². The number of fused-ring (bicyclic) bond motifs is 1. The van der Waals surface area contributed by atoms with Crippen LogP contribution >= 0.6 is 0 Å². The topological polar surface area (TPSA) is 83.7 Å². The summed E-state index contributed by atoms with van der Waals surface area (Å²) in [7, 11) is 0. The number of hydrogen-bond donors (Lipinski definition) is 1. The quantitative estimate of drug-likeness (QED) is 0.534. The van der Waals surface area contributed by atoms with Gasteiger partial charge in [0.2, 0.25) is 11.8 Å². The van der Waals surface area contributed by atoms with E-state index in [1.165, 1.54) is 24.3 Å². The SMILES string of the molecule is NCCCCCCCCc1cccc2c1CN(N1C(=O)CCCC1=O)C2=O. The van der Waals surface area contributed by atoms with Gasteiger partial charge in [-0.15, -0.1) is 0 Å². The van der Waals surface area contributed by atoms with Crippen LogP contribution in [0, 0.1) is 0 Å². The van der Waals surface area contributed by atoms with Crippen molar-refractivity contribution in [1.29, 1.82) is 0 Å². The first-order valence-electron chi connectivity index (χ1n) is 10.1. The van der Waals surface area contributed by atoms with E-state index in [9.17, 15) is 14.4 Å². The molecule has 1 aromatic carbocycles. The van der Waals surface area contributed by atoms with Crippen LogP contribution in [0.1, 0.15) is 79.3 Å².